The lowest BCUT2D eigenvalue weighted by atomic mass is 10.1. The maximum atomic E-state index is 4.21. The highest BCUT2D eigenvalue weighted by molar-refractivity contribution is 7.10. The minimum absolute atomic E-state index is 0.274. The Kier molecular flexibility index (Phi) is 3.89. The first-order valence-corrected chi connectivity index (χ1v) is 7.80. The molecule has 1 atom stereocenters. The lowest BCUT2D eigenvalue weighted by Gasteiger charge is -2.16. The molecule has 0 spiro atoms. The van der Waals surface area contributed by atoms with Crippen molar-refractivity contribution in [2.45, 2.75) is 51.2 Å². The molecule has 19 heavy (non-hydrogen) atoms. The van der Waals surface area contributed by atoms with Gasteiger partial charge in [-0.25, -0.2) is 4.68 Å². The highest BCUT2D eigenvalue weighted by atomic mass is 32.1. The molecule has 1 N–H and O–H groups in total. The van der Waals surface area contributed by atoms with Gasteiger partial charge in [-0.05, 0) is 41.1 Å². The molecule has 0 saturated heterocycles. The predicted molar refractivity (Wildman–Crippen MR) is 75.0 cm³/mol. The lowest BCUT2D eigenvalue weighted by molar-refractivity contribution is 0.453. The molecule has 1 fully saturated rings. The van der Waals surface area contributed by atoms with Gasteiger partial charge < -0.3 is 5.32 Å². The Morgan fingerprint density at radius 2 is 2.42 bits per heavy atom. The van der Waals surface area contributed by atoms with E-state index in [0.29, 0.717) is 6.04 Å². The quantitative estimate of drug-likeness (QED) is 0.844. The van der Waals surface area contributed by atoms with Crippen LogP contribution in [0.25, 0.3) is 0 Å². The second-order valence-corrected chi connectivity index (χ2v) is 5.99. The summed E-state index contributed by atoms with van der Waals surface area (Å²) in [7, 11) is 0. The molecule has 0 bridgehead atoms. The molecule has 1 saturated carbocycles. The molecule has 1 aliphatic rings. The second kappa shape index (κ2) is 5.79. The number of nitrogens with one attached hydrogen (secondary N) is 1. The molecule has 102 valence electrons. The third-order valence-corrected chi connectivity index (χ3v) is 4.39. The first-order valence-electron chi connectivity index (χ1n) is 6.92. The molecular formula is C13H19N5S. The Hall–Kier alpha value is -1.27. The van der Waals surface area contributed by atoms with Crippen LogP contribution in [0.2, 0.25) is 0 Å². The summed E-state index contributed by atoms with van der Waals surface area (Å²) >= 11 is 1.78. The summed E-state index contributed by atoms with van der Waals surface area (Å²) in [5, 5.41) is 17.8. The normalized spacial score (nSPS) is 16.7. The van der Waals surface area contributed by atoms with Crippen molar-refractivity contribution >= 4 is 11.3 Å². The minimum Gasteiger partial charge on any atom is -0.307 e. The number of rotatable bonds is 7. The third kappa shape index (κ3) is 3.01. The van der Waals surface area contributed by atoms with Gasteiger partial charge >= 0.3 is 0 Å². The smallest absolute Gasteiger partial charge is 0.165 e. The van der Waals surface area contributed by atoms with Crippen LogP contribution in [0.1, 0.15) is 49.4 Å². The molecule has 0 amide bonds. The van der Waals surface area contributed by atoms with Crippen LogP contribution in [0.15, 0.2) is 17.5 Å². The fourth-order valence-electron chi connectivity index (χ4n) is 2.23. The van der Waals surface area contributed by atoms with E-state index in [1.54, 1.807) is 11.3 Å². The fraction of sp³-hybridized carbons (Fsp3) is 0.615. The molecule has 5 nitrogen and oxygen atoms in total. The third-order valence-electron chi connectivity index (χ3n) is 3.42. The molecule has 0 aromatic carbocycles. The Morgan fingerprint density at radius 1 is 1.53 bits per heavy atom. The highest BCUT2D eigenvalue weighted by Crippen LogP contribution is 2.27. The van der Waals surface area contributed by atoms with Gasteiger partial charge in [-0.2, -0.15) is 0 Å². The van der Waals surface area contributed by atoms with Crippen molar-refractivity contribution in [1.82, 2.24) is 25.5 Å². The molecule has 2 heterocycles. The van der Waals surface area contributed by atoms with Crippen molar-refractivity contribution in [3.8, 4) is 0 Å². The molecular weight excluding hydrogens is 258 g/mol. The zero-order valence-electron chi connectivity index (χ0n) is 11.1. The van der Waals surface area contributed by atoms with Gasteiger partial charge in [-0.15, -0.1) is 16.4 Å². The van der Waals surface area contributed by atoms with Crippen LogP contribution in [0, 0.1) is 0 Å². The summed E-state index contributed by atoms with van der Waals surface area (Å²) in [6.45, 7) is 2.97. The maximum Gasteiger partial charge on any atom is 0.165 e. The average Bonchev–Trinajstić information content (AvgIpc) is 2.93. The lowest BCUT2D eigenvalue weighted by Crippen LogP contribution is -2.22. The summed E-state index contributed by atoms with van der Waals surface area (Å²) in [4.78, 5) is 1.34. The van der Waals surface area contributed by atoms with Gasteiger partial charge in [0.2, 0.25) is 0 Å². The van der Waals surface area contributed by atoms with Crippen LogP contribution < -0.4 is 5.32 Å². The van der Waals surface area contributed by atoms with Gasteiger partial charge in [0.1, 0.15) is 0 Å². The standard InChI is InChI=1S/C13H19N5S/c1-2-4-11(12-5-3-8-19-12)18-13(15-16-17-18)9-14-10-6-7-10/h3,5,8,10-11,14H,2,4,6-7,9H2,1H3. The molecule has 6 heteroatoms. The molecule has 0 aliphatic heterocycles. The van der Waals surface area contributed by atoms with E-state index in [9.17, 15) is 0 Å². The maximum absolute atomic E-state index is 4.21. The van der Waals surface area contributed by atoms with Gasteiger partial charge in [-0.3, -0.25) is 0 Å². The van der Waals surface area contributed by atoms with E-state index in [1.807, 2.05) is 4.68 Å². The van der Waals surface area contributed by atoms with Crippen molar-refractivity contribution in [3.05, 3.63) is 28.2 Å². The number of tetrazole rings is 1. The van der Waals surface area contributed by atoms with Crippen LogP contribution in [0.5, 0.6) is 0 Å². The van der Waals surface area contributed by atoms with Crippen LogP contribution >= 0.6 is 11.3 Å². The first-order chi connectivity index (χ1) is 9.38. The molecule has 2 aromatic rings. The van der Waals surface area contributed by atoms with Crippen LogP contribution in [0.4, 0.5) is 0 Å². The number of aromatic nitrogens is 4. The summed E-state index contributed by atoms with van der Waals surface area (Å²) in [5.41, 5.74) is 0. The van der Waals surface area contributed by atoms with Crippen molar-refractivity contribution in [2.24, 2.45) is 0 Å². The van der Waals surface area contributed by atoms with Crippen molar-refractivity contribution in [1.29, 1.82) is 0 Å². The van der Waals surface area contributed by atoms with Crippen molar-refractivity contribution < 1.29 is 0 Å². The largest absolute Gasteiger partial charge is 0.307 e. The monoisotopic (exact) mass is 277 g/mol. The first kappa shape index (κ1) is 12.7. The van der Waals surface area contributed by atoms with E-state index in [-0.39, 0.29) is 6.04 Å². The van der Waals surface area contributed by atoms with E-state index in [0.717, 1.165) is 25.2 Å². The molecule has 2 aromatic heterocycles. The number of hydrogen-bond donors (Lipinski definition) is 1. The topological polar surface area (TPSA) is 55.6 Å². The molecule has 1 aliphatic carbocycles. The summed E-state index contributed by atoms with van der Waals surface area (Å²) in [5.74, 6) is 0.943. The van der Waals surface area contributed by atoms with Crippen LogP contribution in [0.3, 0.4) is 0 Å². The zero-order valence-corrected chi connectivity index (χ0v) is 11.9. The second-order valence-electron chi connectivity index (χ2n) is 5.01. The predicted octanol–water partition coefficient (Wildman–Crippen LogP) is 2.38. The Balaban J connectivity index is 1.79. The fourth-order valence-corrected chi connectivity index (χ4v) is 3.08. The minimum atomic E-state index is 0.274. The van der Waals surface area contributed by atoms with Crippen molar-refractivity contribution in [2.75, 3.05) is 0 Å². The van der Waals surface area contributed by atoms with Crippen molar-refractivity contribution in [3.63, 3.8) is 0 Å². The Bertz CT molecular complexity index is 503. The number of hydrogen-bond acceptors (Lipinski definition) is 5. The van der Waals surface area contributed by atoms with E-state index in [2.05, 4.69) is 45.3 Å². The summed E-state index contributed by atoms with van der Waals surface area (Å²) < 4.78 is 1.99. The zero-order chi connectivity index (χ0) is 13.1. The Labute approximate surface area is 117 Å². The summed E-state index contributed by atoms with van der Waals surface area (Å²) in [6.07, 6.45) is 4.76. The van der Waals surface area contributed by atoms with Gasteiger partial charge in [0.15, 0.2) is 5.82 Å². The highest BCUT2D eigenvalue weighted by Gasteiger charge is 2.23. The molecule has 3 rings (SSSR count). The summed E-state index contributed by atoms with van der Waals surface area (Å²) in [6, 6.07) is 5.22. The SMILES string of the molecule is CCCC(c1cccs1)n1nnnc1CNC1CC1. The number of nitrogens with zero attached hydrogens (tertiary/aromatic N) is 4. The average molecular weight is 277 g/mol. The van der Waals surface area contributed by atoms with Gasteiger partial charge in [0.25, 0.3) is 0 Å². The van der Waals surface area contributed by atoms with E-state index < -0.39 is 0 Å². The van der Waals surface area contributed by atoms with Crippen LogP contribution in [-0.4, -0.2) is 26.2 Å². The van der Waals surface area contributed by atoms with Gasteiger partial charge in [-0.1, -0.05) is 19.4 Å². The van der Waals surface area contributed by atoms with Gasteiger partial charge in [0.05, 0.1) is 12.6 Å². The Morgan fingerprint density at radius 3 is 3.11 bits per heavy atom. The van der Waals surface area contributed by atoms with E-state index >= 15 is 0 Å². The van der Waals surface area contributed by atoms with E-state index in [1.165, 1.54) is 17.7 Å². The van der Waals surface area contributed by atoms with Crippen LogP contribution in [-0.2, 0) is 6.54 Å². The van der Waals surface area contributed by atoms with E-state index in [4.69, 9.17) is 0 Å². The molecule has 1 unspecified atom stereocenters. The van der Waals surface area contributed by atoms with Gasteiger partial charge in [0, 0.05) is 10.9 Å². The molecule has 0 radical (unpaired) electrons. The number of thiophene rings is 1.